The van der Waals surface area contributed by atoms with Gasteiger partial charge in [-0.1, -0.05) is 30.3 Å². The number of hydrogen-bond acceptors (Lipinski definition) is 3. The molecular formula is C14H9FN4. The number of rotatable bonds is 2. The van der Waals surface area contributed by atoms with Crippen LogP contribution in [0.3, 0.4) is 0 Å². The molecule has 4 nitrogen and oxygen atoms in total. The zero-order chi connectivity index (χ0) is 13.2. The van der Waals surface area contributed by atoms with Gasteiger partial charge in [-0.3, -0.25) is 0 Å². The molecule has 0 unspecified atom stereocenters. The Labute approximate surface area is 108 Å². The van der Waals surface area contributed by atoms with Gasteiger partial charge in [0.2, 0.25) is 0 Å². The summed E-state index contributed by atoms with van der Waals surface area (Å²) in [6, 6.07) is 13.0. The topological polar surface area (TPSA) is 54.5 Å². The summed E-state index contributed by atoms with van der Waals surface area (Å²) in [5, 5.41) is 13.6. The average Bonchev–Trinajstić information content (AvgIpc) is 2.77. The number of halogens is 1. The van der Waals surface area contributed by atoms with Gasteiger partial charge in [-0.05, 0) is 11.6 Å². The highest BCUT2D eigenvalue weighted by Gasteiger charge is 2.12. The molecule has 0 aliphatic rings. The summed E-state index contributed by atoms with van der Waals surface area (Å²) in [7, 11) is 0. The Hall–Kier alpha value is -2.74. The minimum absolute atomic E-state index is 0.193. The van der Waals surface area contributed by atoms with E-state index in [9.17, 15) is 4.39 Å². The molecule has 92 valence electrons. The van der Waals surface area contributed by atoms with Gasteiger partial charge in [-0.15, -0.1) is 0 Å². The SMILES string of the molecule is N#Cc1nn(Cc2ccccc2)c2ncc(F)cc12. The molecule has 0 amide bonds. The maximum Gasteiger partial charge on any atom is 0.172 e. The van der Waals surface area contributed by atoms with E-state index in [0.29, 0.717) is 17.6 Å². The van der Waals surface area contributed by atoms with Crippen LogP contribution in [0, 0.1) is 17.1 Å². The molecule has 0 atom stereocenters. The van der Waals surface area contributed by atoms with E-state index in [4.69, 9.17) is 5.26 Å². The fourth-order valence-corrected chi connectivity index (χ4v) is 1.98. The highest BCUT2D eigenvalue weighted by Crippen LogP contribution is 2.18. The molecule has 0 N–H and O–H groups in total. The first kappa shape index (κ1) is 11.4. The molecule has 3 rings (SSSR count). The molecular weight excluding hydrogens is 243 g/mol. The lowest BCUT2D eigenvalue weighted by molar-refractivity contribution is 0.622. The van der Waals surface area contributed by atoms with Crippen molar-refractivity contribution in [2.75, 3.05) is 0 Å². The Morgan fingerprint density at radius 1 is 1.26 bits per heavy atom. The van der Waals surface area contributed by atoms with E-state index in [-0.39, 0.29) is 5.69 Å². The van der Waals surface area contributed by atoms with Gasteiger partial charge in [-0.2, -0.15) is 10.4 Å². The number of fused-ring (bicyclic) bond motifs is 1. The van der Waals surface area contributed by atoms with Crippen molar-refractivity contribution < 1.29 is 4.39 Å². The van der Waals surface area contributed by atoms with Gasteiger partial charge < -0.3 is 0 Å². The molecule has 0 saturated heterocycles. The first-order valence-corrected chi connectivity index (χ1v) is 5.74. The molecule has 0 saturated carbocycles. The van der Waals surface area contributed by atoms with Crippen LogP contribution in [0.2, 0.25) is 0 Å². The highest BCUT2D eigenvalue weighted by atomic mass is 19.1. The summed E-state index contributed by atoms with van der Waals surface area (Å²) in [5.74, 6) is -0.469. The smallest absolute Gasteiger partial charge is 0.172 e. The lowest BCUT2D eigenvalue weighted by Gasteiger charge is -2.02. The van der Waals surface area contributed by atoms with Crippen molar-refractivity contribution in [3.05, 3.63) is 59.7 Å². The molecule has 0 fully saturated rings. The van der Waals surface area contributed by atoms with Crippen LogP contribution in [0.5, 0.6) is 0 Å². The van der Waals surface area contributed by atoms with Gasteiger partial charge in [0.25, 0.3) is 0 Å². The standard InChI is InChI=1S/C14H9FN4/c15-11-6-12-13(7-16)18-19(14(12)17-8-11)9-10-4-2-1-3-5-10/h1-6,8H,9H2. The van der Waals surface area contributed by atoms with Crippen LogP contribution in [-0.4, -0.2) is 14.8 Å². The monoisotopic (exact) mass is 252 g/mol. The third kappa shape index (κ3) is 2.04. The van der Waals surface area contributed by atoms with Gasteiger partial charge in [0.05, 0.1) is 18.1 Å². The van der Waals surface area contributed by atoms with Crippen molar-refractivity contribution in [1.29, 1.82) is 5.26 Å². The Bertz CT molecular complexity index is 771. The molecule has 0 radical (unpaired) electrons. The Morgan fingerprint density at radius 2 is 2.05 bits per heavy atom. The summed E-state index contributed by atoms with van der Waals surface area (Å²) in [5.41, 5.74) is 1.75. The minimum atomic E-state index is -0.469. The summed E-state index contributed by atoms with van der Waals surface area (Å²) < 4.78 is 14.8. The molecule has 5 heteroatoms. The van der Waals surface area contributed by atoms with Crippen LogP contribution in [0.4, 0.5) is 4.39 Å². The van der Waals surface area contributed by atoms with E-state index >= 15 is 0 Å². The first-order valence-electron chi connectivity index (χ1n) is 5.74. The molecule has 1 aromatic carbocycles. The van der Waals surface area contributed by atoms with Crippen molar-refractivity contribution in [1.82, 2.24) is 14.8 Å². The molecule has 0 spiro atoms. The van der Waals surface area contributed by atoms with Crippen LogP contribution >= 0.6 is 0 Å². The summed E-state index contributed by atoms with van der Waals surface area (Å²) in [6.45, 7) is 0.498. The van der Waals surface area contributed by atoms with Crippen molar-refractivity contribution in [3.63, 3.8) is 0 Å². The number of aromatic nitrogens is 3. The van der Waals surface area contributed by atoms with Crippen molar-refractivity contribution in [2.24, 2.45) is 0 Å². The van der Waals surface area contributed by atoms with Crippen molar-refractivity contribution >= 4 is 11.0 Å². The van der Waals surface area contributed by atoms with Gasteiger partial charge in [0.1, 0.15) is 11.9 Å². The zero-order valence-electron chi connectivity index (χ0n) is 9.92. The number of pyridine rings is 1. The summed E-state index contributed by atoms with van der Waals surface area (Å²) in [4.78, 5) is 4.02. The number of nitriles is 1. The van der Waals surface area contributed by atoms with E-state index in [1.54, 1.807) is 4.68 Å². The lowest BCUT2D eigenvalue weighted by atomic mass is 10.2. The second-order valence-corrected chi connectivity index (χ2v) is 4.13. The maximum atomic E-state index is 13.2. The van der Waals surface area contributed by atoms with Crippen molar-refractivity contribution in [3.8, 4) is 6.07 Å². The number of hydrogen-bond donors (Lipinski definition) is 0. The Kier molecular flexibility index (Phi) is 2.69. The van der Waals surface area contributed by atoms with Crippen LogP contribution < -0.4 is 0 Å². The second kappa shape index (κ2) is 4.50. The predicted octanol–water partition coefficient (Wildman–Crippen LogP) is 2.49. The lowest BCUT2D eigenvalue weighted by Crippen LogP contribution is -2.02. The quantitative estimate of drug-likeness (QED) is 0.704. The van der Waals surface area contributed by atoms with E-state index in [0.717, 1.165) is 11.8 Å². The normalized spacial score (nSPS) is 10.5. The van der Waals surface area contributed by atoms with E-state index in [1.165, 1.54) is 6.07 Å². The molecule has 0 aliphatic heterocycles. The molecule has 2 heterocycles. The maximum absolute atomic E-state index is 13.2. The Morgan fingerprint density at radius 3 is 2.79 bits per heavy atom. The van der Waals surface area contributed by atoms with Crippen molar-refractivity contribution in [2.45, 2.75) is 6.54 Å². The third-order valence-corrected chi connectivity index (χ3v) is 2.83. The average molecular weight is 252 g/mol. The zero-order valence-corrected chi connectivity index (χ0v) is 9.92. The second-order valence-electron chi connectivity index (χ2n) is 4.13. The third-order valence-electron chi connectivity index (χ3n) is 2.83. The first-order chi connectivity index (χ1) is 9.28. The van der Waals surface area contributed by atoms with Crippen LogP contribution in [0.15, 0.2) is 42.6 Å². The Balaban J connectivity index is 2.12. The fraction of sp³-hybridized carbons (Fsp3) is 0.0714. The van der Waals surface area contributed by atoms with Crippen LogP contribution in [0.1, 0.15) is 11.3 Å². The van der Waals surface area contributed by atoms with Gasteiger partial charge >= 0.3 is 0 Å². The fourth-order valence-electron chi connectivity index (χ4n) is 1.98. The number of benzene rings is 1. The molecule has 2 aromatic heterocycles. The molecule has 3 aromatic rings. The van der Waals surface area contributed by atoms with Gasteiger partial charge in [0, 0.05) is 0 Å². The minimum Gasteiger partial charge on any atom is -0.241 e. The molecule has 19 heavy (non-hydrogen) atoms. The van der Waals surface area contributed by atoms with E-state index in [2.05, 4.69) is 10.1 Å². The predicted molar refractivity (Wildman–Crippen MR) is 67.7 cm³/mol. The molecule has 0 aliphatic carbocycles. The largest absolute Gasteiger partial charge is 0.241 e. The number of nitrogens with zero attached hydrogens (tertiary/aromatic N) is 4. The summed E-state index contributed by atoms with van der Waals surface area (Å²) in [6.07, 6.45) is 1.13. The van der Waals surface area contributed by atoms with Gasteiger partial charge in [-0.25, -0.2) is 14.1 Å². The highest BCUT2D eigenvalue weighted by molar-refractivity contribution is 5.80. The van der Waals surface area contributed by atoms with Crippen LogP contribution in [0.25, 0.3) is 11.0 Å². The van der Waals surface area contributed by atoms with Crippen LogP contribution in [-0.2, 0) is 6.54 Å². The van der Waals surface area contributed by atoms with Gasteiger partial charge in [0.15, 0.2) is 11.3 Å². The van der Waals surface area contributed by atoms with E-state index in [1.807, 2.05) is 36.4 Å². The molecule has 0 bridgehead atoms. The van der Waals surface area contributed by atoms with E-state index < -0.39 is 5.82 Å². The summed E-state index contributed by atoms with van der Waals surface area (Å²) >= 11 is 0.